The summed E-state index contributed by atoms with van der Waals surface area (Å²) < 4.78 is 0. The van der Waals surface area contributed by atoms with Gasteiger partial charge in [-0.05, 0) is 31.5 Å². The first-order valence-electron chi connectivity index (χ1n) is 7.04. The summed E-state index contributed by atoms with van der Waals surface area (Å²) in [5, 5.41) is 0. The van der Waals surface area contributed by atoms with Crippen LogP contribution in [0, 0.1) is 0 Å². The second-order valence-electron chi connectivity index (χ2n) is 5.31. The van der Waals surface area contributed by atoms with Gasteiger partial charge >= 0.3 is 0 Å². The molecule has 4 heteroatoms. The van der Waals surface area contributed by atoms with Crippen LogP contribution in [0.2, 0.25) is 0 Å². The third kappa shape index (κ3) is 3.93. The highest BCUT2D eigenvalue weighted by atomic mass is 16.6. The van der Waals surface area contributed by atoms with Gasteiger partial charge in [0.05, 0.1) is 7.11 Å². The lowest BCUT2D eigenvalue weighted by molar-refractivity contribution is 0.0867. The van der Waals surface area contributed by atoms with Gasteiger partial charge in [0.25, 0.3) is 0 Å². The minimum atomic E-state index is 0.652. The number of hydrogen-bond donors (Lipinski definition) is 1. The van der Waals surface area contributed by atoms with Crippen LogP contribution in [-0.2, 0) is 11.4 Å². The zero-order valence-corrected chi connectivity index (χ0v) is 12.2. The fourth-order valence-electron chi connectivity index (χ4n) is 2.52. The molecule has 19 heavy (non-hydrogen) atoms. The molecule has 1 heterocycles. The van der Waals surface area contributed by atoms with Gasteiger partial charge in [0.1, 0.15) is 0 Å². The maximum Gasteiger partial charge on any atom is 0.0572 e. The Kier molecular flexibility index (Phi) is 5.19. The highest BCUT2D eigenvalue weighted by molar-refractivity contribution is 5.49. The van der Waals surface area contributed by atoms with E-state index in [0.717, 1.165) is 32.7 Å². The summed E-state index contributed by atoms with van der Waals surface area (Å²) in [7, 11) is 1.65. The van der Waals surface area contributed by atoms with E-state index in [0.29, 0.717) is 6.04 Å². The van der Waals surface area contributed by atoms with Crippen molar-refractivity contribution in [3.05, 3.63) is 29.8 Å². The maximum absolute atomic E-state index is 4.90. The summed E-state index contributed by atoms with van der Waals surface area (Å²) in [5.74, 6) is 0. The van der Waals surface area contributed by atoms with E-state index in [2.05, 4.69) is 53.4 Å². The molecule has 1 aromatic rings. The lowest BCUT2D eigenvalue weighted by Crippen LogP contribution is -2.48. The molecule has 2 rings (SSSR count). The summed E-state index contributed by atoms with van der Waals surface area (Å²) in [6.07, 6.45) is 0. The summed E-state index contributed by atoms with van der Waals surface area (Å²) in [5.41, 5.74) is 5.46. The van der Waals surface area contributed by atoms with Crippen molar-refractivity contribution in [2.75, 3.05) is 38.2 Å². The molecule has 0 unspecified atom stereocenters. The molecule has 1 aliphatic heterocycles. The number of hydroxylamine groups is 1. The standard InChI is InChI=1S/C15H25N3O/c1-13(2)17-7-9-18(10-8-17)15-6-4-5-14(11-15)12-16-19-3/h4-6,11,13,16H,7-10,12H2,1-3H3. The van der Waals surface area contributed by atoms with Crippen molar-refractivity contribution in [1.82, 2.24) is 10.4 Å². The fraction of sp³-hybridized carbons (Fsp3) is 0.600. The molecule has 0 spiro atoms. The minimum Gasteiger partial charge on any atom is -0.369 e. The maximum atomic E-state index is 4.90. The number of rotatable bonds is 5. The van der Waals surface area contributed by atoms with E-state index in [4.69, 9.17) is 4.84 Å². The van der Waals surface area contributed by atoms with Crippen molar-refractivity contribution >= 4 is 5.69 Å². The minimum absolute atomic E-state index is 0.652. The zero-order valence-electron chi connectivity index (χ0n) is 12.2. The van der Waals surface area contributed by atoms with Crippen molar-refractivity contribution < 1.29 is 4.84 Å². The van der Waals surface area contributed by atoms with Crippen molar-refractivity contribution in [3.63, 3.8) is 0 Å². The molecule has 1 aliphatic rings. The third-order valence-electron chi connectivity index (χ3n) is 3.74. The van der Waals surface area contributed by atoms with Crippen LogP contribution in [0.1, 0.15) is 19.4 Å². The highest BCUT2D eigenvalue weighted by Gasteiger charge is 2.18. The smallest absolute Gasteiger partial charge is 0.0572 e. The molecular formula is C15H25N3O. The Balaban J connectivity index is 1.95. The molecule has 106 valence electrons. The first kappa shape index (κ1) is 14.3. The molecule has 1 aromatic carbocycles. The third-order valence-corrected chi connectivity index (χ3v) is 3.74. The summed E-state index contributed by atoms with van der Waals surface area (Å²) >= 11 is 0. The normalized spacial score (nSPS) is 17.2. The Bertz CT molecular complexity index is 387. The monoisotopic (exact) mass is 263 g/mol. The quantitative estimate of drug-likeness (QED) is 0.821. The summed E-state index contributed by atoms with van der Waals surface area (Å²) in [6, 6.07) is 9.34. The zero-order chi connectivity index (χ0) is 13.7. The molecule has 1 saturated heterocycles. The number of nitrogens with zero attached hydrogens (tertiary/aromatic N) is 2. The number of hydrogen-bond acceptors (Lipinski definition) is 4. The molecule has 0 amide bonds. The van der Waals surface area contributed by atoms with Crippen LogP contribution in [0.4, 0.5) is 5.69 Å². The number of benzene rings is 1. The SMILES string of the molecule is CONCc1cccc(N2CCN(C(C)C)CC2)c1. The van der Waals surface area contributed by atoms with Crippen LogP contribution >= 0.6 is 0 Å². The van der Waals surface area contributed by atoms with E-state index in [9.17, 15) is 0 Å². The molecule has 0 aromatic heterocycles. The van der Waals surface area contributed by atoms with Crippen LogP contribution in [0.15, 0.2) is 24.3 Å². The van der Waals surface area contributed by atoms with Gasteiger partial charge in [0.15, 0.2) is 0 Å². The lowest BCUT2D eigenvalue weighted by Gasteiger charge is -2.38. The molecule has 0 saturated carbocycles. The lowest BCUT2D eigenvalue weighted by atomic mass is 10.1. The topological polar surface area (TPSA) is 27.7 Å². The van der Waals surface area contributed by atoms with E-state index in [-0.39, 0.29) is 0 Å². The van der Waals surface area contributed by atoms with E-state index >= 15 is 0 Å². The fourth-order valence-corrected chi connectivity index (χ4v) is 2.52. The molecular weight excluding hydrogens is 238 g/mol. The van der Waals surface area contributed by atoms with Gasteiger partial charge in [-0.15, -0.1) is 0 Å². The van der Waals surface area contributed by atoms with E-state index < -0.39 is 0 Å². The first-order chi connectivity index (χ1) is 9.20. The average Bonchev–Trinajstić information content (AvgIpc) is 2.45. The Labute approximate surface area is 116 Å². The number of piperazine rings is 1. The number of nitrogens with one attached hydrogen (secondary N) is 1. The Morgan fingerprint density at radius 3 is 2.58 bits per heavy atom. The molecule has 0 aliphatic carbocycles. The molecule has 0 radical (unpaired) electrons. The van der Waals surface area contributed by atoms with Crippen LogP contribution in [0.5, 0.6) is 0 Å². The molecule has 4 nitrogen and oxygen atoms in total. The Morgan fingerprint density at radius 1 is 1.21 bits per heavy atom. The van der Waals surface area contributed by atoms with Crippen molar-refractivity contribution in [1.29, 1.82) is 0 Å². The first-order valence-corrected chi connectivity index (χ1v) is 7.04. The summed E-state index contributed by atoms with van der Waals surface area (Å²) in [6.45, 7) is 9.81. The van der Waals surface area contributed by atoms with E-state index in [1.807, 2.05) is 0 Å². The second-order valence-corrected chi connectivity index (χ2v) is 5.31. The van der Waals surface area contributed by atoms with E-state index in [1.54, 1.807) is 7.11 Å². The van der Waals surface area contributed by atoms with Crippen molar-refractivity contribution in [2.45, 2.75) is 26.4 Å². The Hall–Kier alpha value is -1.10. The predicted molar refractivity (Wildman–Crippen MR) is 79.2 cm³/mol. The van der Waals surface area contributed by atoms with Gasteiger partial charge < -0.3 is 9.74 Å². The highest BCUT2D eigenvalue weighted by Crippen LogP contribution is 2.18. The number of anilines is 1. The molecule has 0 bridgehead atoms. The molecule has 0 atom stereocenters. The van der Waals surface area contributed by atoms with Crippen LogP contribution in [-0.4, -0.2) is 44.2 Å². The van der Waals surface area contributed by atoms with Gasteiger partial charge in [-0.2, -0.15) is 5.48 Å². The van der Waals surface area contributed by atoms with Gasteiger partial charge in [-0.25, -0.2) is 0 Å². The predicted octanol–water partition coefficient (Wildman–Crippen LogP) is 1.87. The largest absolute Gasteiger partial charge is 0.369 e. The molecule has 1 fully saturated rings. The van der Waals surface area contributed by atoms with Gasteiger partial charge in [-0.3, -0.25) is 4.90 Å². The molecule has 1 N–H and O–H groups in total. The van der Waals surface area contributed by atoms with Gasteiger partial charge in [0, 0.05) is 44.5 Å². The second kappa shape index (κ2) is 6.89. The summed E-state index contributed by atoms with van der Waals surface area (Å²) in [4.78, 5) is 9.90. The van der Waals surface area contributed by atoms with E-state index in [1.165, 1.54) is 11.3 Å². The van der Waals surface area contributed by atoms with Gasteiger partial charge in [0.2, 0.25) is 0 Å². The Morgan fingerprint density at radius 2 is 1.95 bits per heavy atom. The van der Waals surface area contributed by atoms with Crippen molar-refractivity contribution in [3.8, 4) is 0 Å². The van der Waals surface area contributed by atoms with Crippen LogP contribution < -0.4 is 10.4 Å². The van der Waals surface area contributed by atoms with Gasteiger partial charge in [-0.1, -0.05) is 12.1 Å². The van der Waals surface area contributed by atoms with Crippen LogP contribution in [0.25, 0.3) is 0 Å². The van der Waals surface area contributed by atoms with Crippen LogP contribution in [0.3, 0.4) is 0 Å². The average molecular weight is 263 g/mol. The van der Waals surface area contributed by atoms with Crippen molar-refractivity contribution in [2.24, 2.45) is 0 Å².